The van der Waals surface area contributed by atoms with Gasteiger partial charge in [0.2, 0.25) is 0 Å². The molecule has 6 unspecified atom stereocenters. The summed E-state index contributed by atoms with van der Waals surface area (Å²) in [7, 11) is 0. The summed E-state index contributed by atoms with van der Waals surface area (Å²) in [5.74, 6) is 4.01. The van der Waals surface area contributed by atoms with E-state index in [0.717, 1.165) is 29.1 Å². The lowest BCUT2D eigenvalue weighted by molar-refractivity contribution is -0.114. The molecular formula is C20H32. The van der Waals surface area contributed by atoms with Gasteiger partial charge in [-0.05, 0) is 84.9 Å². The van der Waals surface area contributed by atoms with Crippen molar-refractivity contribution in [1.29, 1.82) is 0 Å². The molecule has 0 heterocycles. The fourth-order valence-electron chi connectivity index (χ4n) is 7.62. The molecule has 3 saturated carbocycles. The van der Waals surface area contributed by atoms with Gasteiger partial charge in [-0.1, -0.05) is 39.8 Å². The molecular weight excluding hydrogens is 240 g/mol. The van der Waals surface area contributed by atoms with Crippen molar-refractivity contribution in [3.05, 3.63) is 12.2 Å². The lowest BCUT2D eigenvalue weighted by atomic mass is 9.42. The van der Waals surface area contributed by atoms with Crippen LogP contribution in [0.1, 0.15) is 72.6 Å². The number of fused-ring (bicyclic) bond motifs is 3. The van der Waals surface area contributed by atoms with Crippen LogP contribution in [-0.2, 0) is 0 Å². The Kier molecular flexibility index (Phi) is 2.63. The van der Waals surface area contributed by atoms with Gasteiger partial charge in [0.15, 0.2) is 0 Å². The van der Waals surface area contributed by atoms with Gasteiger partial charge in [0.1, 0.15) is 0 Å². The average molecular weight is 272 g/mol. The van der Waals surface area contributed by atoms with Crippen LogP contribution in [-0.4, -0.2) is 0 Å². The molecule has 0 saturated heterocycles. The first-order chi connectivity index (χ1) is 9.37. The van der Waals surface area contributed by atoms with Crippen molar-refractivity contribution in [3.8, 4) is 0 Å². The Morgan fingerprint density at radius 1 is 0.950 bits per heavy atom. The van der Waals surface area contributed by atoms with E-state index in [4.69, 9.17) is 0 Å². The van der Waals surface area contributed by atoms with Crippen LogP contribution in [0, 0.1) is 39.9 Å². The SMILES string of the molecule is CC1CC23CCC4C(C)(C)C=CCC4(C)C2CCC1C3. The lowest BCUT2D eigenvalue weighted by Crippen LogP contribution is -2.54. The molecule has 0 aromatic carbocycles. The Balaban J connectivity index is 1.75. The second-order valence-corrected chi connectivity index (χ2v) is 9.66. The van der Waals surface area contributed by atoms with Crippen LogP contribution in [0.25, 0.3) is 0 Å². The lowest BCUT2D eigenvalue weighted by Gasteiger charge is -2.62. The fourth-order valence-corrected chi connectivity index (χ4v) is 7.62. The maximum absolute atomic E-state index is 2.66. The topological polar surface area (TPSA) is 0 Å². The first-order valence-electron chi connectivity index (χ1n) is 9.05. The smallest absolute Gasteiger partial charge is 0.0141 e. The molecule has 0 N–H and O–H groups in total. The molecule has 20 heavy (non-hydrogen) atoms. The molecule has 112 valence electrons. The van der Waals surface area contributed by atoms with E-state index in [1.165, 1.54) is 32.1 Å². The second kappa shape index (κ2) is 3.93. The minimum absolute atomic E-state index is 0.426. The zero-order chi connectivity index (χ0) is 14.2. The van der Waals surface area contributed by atoms with Crippen LogP contribution in [0.4, 0.5) is 0 Å². The summed E-state index contributed by atoms with van der Waals surface area (Å²) < 4.78 is 0. The van der Waals surface area contributed by atoms with E-state index in [9.17, 15) is 0 Å². The van der Waals surface area contributed by atoms with Gasteiger partial charge >= 0.3 is 0 Å². The highest BCUT2D eigenvalue weighted by atomic mass is 14.7. The van der Waals surface area contributed by atoms with Gasteiger partial charge in [-0.25, -0.2) is 0 Å². The van der Waals surface area contributed by atoms with Gasteiger partial charge in [-0.15, -0.1) is 0 Å². The molecule has 2 bridgehead atoms. The zero-order valence-corrected chi connectivity index (χ0v) is 13.9. The molecule has 4 aliphatic carbocycles. The summed E-state index contributed by atoms with van der Waals surface area (Å²) in [5.41, 5.74) is 1.76. The van der Waals surface area contributed by atoms with Crippen LogP contribution in [0.3, 0.4) is 0 Å². The minimum atomic E-state index is 0.426. The molecule has 0 radical (unpaired) electrons. The van der Waals surface area contributed by atoms with Gasteiger partial charge in [0.05, 0.1) is 0 Å². The van der Waals surface area contributed by atoms with Crippen LogP contribution >= 0.6 is 0 Å². The van der Waals surface area contributed by atoms with E-state index in [1.54, 1.807) is 12.8 Å². The minimum Gasteiger partial charge on any atom is -0.0874 e. The van der Waals surface area contributed by atoms with E-state index < -0.39 is 0 Å². The Morgan fingerprint density at radius 3 is 2.55 bits per heavy atom. The zero-order valence-electron chi connectivity index (χ0n) is 13.9. The molecule has 0 nitrogen and oxygen atoms in total. The van der Waals surface area contributed by atoms with E-state index in [2.05, 4.69) is 39.8 Å². The van der Waals surface area contributed by atoms with Crippen molar-refractivity contribution >= 4 is 0 Å². The summed E-state index contributed by atoms with van der Waals surface area (Å²) in [6.07, 6.45) is 15.6. The maximum atomic E-state index is 2.66. The number of hydrogen-bond acceptors (Lipinski definition) is 0. The third-order valence-corrected chi connectivity index (χ3v) is 8.29. The maximum Gasteiger partial charge on any atom is -0.0141 e. The third-order valence-electron chi connectivity index (χ3n) is 8.29. The Bertz CT molecular complexity index is 441. The van der Waals surface area contributed by atoms with Crippen molar-refractivity contribution in [2.75, 3.05) is 0 Å². The predicted octanol–water partition coefficient (Wildman–Crippen LogP) is 5.83. The molecule has 4 aliphatic rings. The van der Waals surface area contributed by atoms with Gasteiger partial charge in [-0.3, -0.25) is 0 Å². The first-order valence-corrected chi connectivity index (χ1v) is 9.05. The Hall–Kier alpha value is -0.260. The summed E-state index contributed by atoms with van der Waals surface area (Å²) >= 11 is 0. The molecule has 0 heteroatoms. The van der Waals surface area contributed by atoms with Crippen LogP contribution in [0.2, 0.25) is 0 Å². The highest BCUT2D eigenvalue weighted by molar-refractivity contribution is 5.18. The summed E-state index contributed by atoms with van der Waals surface area (Å²) in [4.78, 5) is 0. The third kappa shape index (κ3) is 1.54. The quantitative estimate of drug-likeness (QED) is 0.487. The molecule has 0 aromatic rings. The van der Waals surface area contributed by atoms with Crippen molar-refractivity contribution in [2.45, 2.75) is 72.6 Å². The largest absolute Gasteiger partial charge is 0.0874 e. The Morgan fingerprint density at radius 2 is 1.75 bits per heavy atom. The molecule has 0 aliphatic heterocycles. The summed E-state index contributed by atoms with van der Waals surface area (Å²) in [5, 5.41) is 0. The van der Waals surface area contributed by atoms with Crippen LogP contribution in [0.15, 0.2) is 12.2 Å². The average Bonchev–Trinajstić information content (AvgIpc) is 2.58. The highest BCUT2D eigenvalue weighted by Crippen LogP contribution is 2.71. The van der Waals surface area contributed by atoms with Gasteiger partial charge in [-0.2, -0.15) is 0 Å². The second-order valence-electron chi connectivity index (χ2n) is 9.66. The summed E-state index contributed by atoms with van der Waals surface area (Å²) in [6, 6.07) is 0. The van der Waals surface area contributed by atoms with E-state index in [1.807, 2.05) is 0 Å². The standard InChI is InChI=1S/C20H32/c1-14-12-20-11-8-16-18(2,3)9-5-10-19(16,4)17(20)7-6-15(14)13-20/h5,9,14-17H,6-8,10-13H2,1-4H3. The fraction of sp³-hybridized carbons (Fsp3) is 0.900. The van der Waals surface area contributed by atoms with Crippen molar-refractivity contribution in [2.24, 2.45) is 39.9 Å². The van der Waals surface area contributed by atoms with E-state index >= 15 is 0 Å². The summed E-state index contributed by atoms with van der Waals surface area (Å²) in [6.45, 7) is 10.2. The number of hydrogen-bond donors (Lipinski definition) is 0. The molecule has 0 amide bonds. The van der Waals surface area contributed by atoms with Crippen molar-refractivity contribution in [3.63, 3.8) is 0 Å². The molecule has 1 spiro atoms. The van der Waals surface area contributed by atoms with E-state index in [-0.39, 0.29) is 0 Å². The van der Waals surface area contributed by atoms with Crippen LogP contribution < -0.4 is 0 Å². The molecule has 6 atom stereocenters. The highest BCUT2D eigenvalue weighted by Gasteiger charge is 2.62. The van der Waals surface area contributed by atoms with Gasteiger partial charge in [0.25, 0.3) is 0 Å². The van der Waals surface area contributed by atoms with Crippen molar-refractivity contribution < 1.29 is 0 Å². The van der Waals surface area contributed by atoms with Crippen molar-refractivity contribution in [1.82, 2.24) is 0 Å². The van der Waals surface area contributed by atoms with Gasteiger partial charge < -0.3 is 0 Å². The monoisotopic (exact) mass is 272 g/mol. The molecule has 0 aromatic heterocycles. The first kappa shape index (κ1) is 13.4. The molecule has 3 fully saturated rings. The predicted molar refractivity (Wildman–Crippen MR) is 85.4 cm³/mol. The normalized spacial score (nSPS) is 56.2. The van der Waals surface area contributed by atoms with Gasteiger partial charge in [0, 0.05) is 0 Å². The molecule has 4 rings (SSSR count). The van der Waals surface area contributed by atoms with Crippen LogP contribution in [0.5, 0.6) is 0 Å². The number of allylic oxidation sites excluding steroid dienone is 2. The Labute approximate surface area is 125 Å². The van der Waals surface area contributed by atoms with E-state index in [0.29, 0.717) is 10.8 Å². The number of rotatable bonds is 0.